The molecule has 0 radical (unpaired) electrons. The number of benzene rings is 1. The smallest absolute Gasteiger partial charge is 0.249 e. The summed E-state index contributed by atoms with van der Waals surface area (Å²) in [6.07, 6.45) is 2.84. The first-order valence-electron chi connectivity index (χ1n) is 6.65. The third-order valence-electron chi connectivity index (χ3n) is 3.85. The number of nitrogens with two attached hydrogens (primary N) is 1. The third-order valence-corrected chi connectivity index (χ3v) is 3.85. The molecule has 0 saturated carbocycles. The van der Waals surface area contributed by atoms with Gasteiger partial charge in [-0.3, -0.25) is 9.59 Å². The lowest BCUT2D eigenvalue weighted by Gasteiger charge is -2.32. The number of anilines is 2. The maximum Gasteiger partial charge on any atom is 0.249 e. The Balaban J connectivity index is 1.89. The maximum absolute atomic E-state index is 12.5. The van der Waals surface area contributed by atoms with Crippen molar-refractivity contribution in [2.75, 3.05) is 17.2 Å². The number of nitrogens with one attached hydrogen (secondary N) is 1. The molecular weight excluding hydrogens is 242 g/mol. The van der Waals surface area contributed by atoms with Crippen LogP contribution in [0.5, 0.6) is 0 Å². The summed E-state index contributed by atoms with van der Waals surface area (Å²) < 4.78 is 0. The number of fused-ring (bicyclic) bond motifs is 1. The zero-order valence-corrected chi connectivity index (χ0v) is 10.7. The van der Waals surface area contributed by atoms with Gasteiger partial charge in [-0.05, 0) is 37.0 Å². The number of amides is 2. The molecule has 2 aliphatic rings. The number of nitrogens with zero attached hydrogens (tertiary/aromatic N) is 1. The number of hydrogen-bond acceptors (Lipinski definition) is 3. The molecule has 2 amide bonds. The Morgan fingerprint density at radius 3 is 2.95 bits per heavy atom. The van der Waals surface area contributed by atoms with Crippen LogP contribution in [-0.4, -0.2) is 24.4 Å². The third kappa shape index (κ3) is 2.05. The fourth-order valence-corrected chi connectivity index (χ4v) is 2.87. The lowest BCUT2D eigenvalue weighted by atomic mass is 9.99. The van der Waals surface area contributed by atoms with Crippen molar-refractivity contribution in [2.45, 2.75) is 31.7 Å². The molecule has 3 rings (SSSR count). The van der Waals surface area contributed by atoms with Gasteiger partial charge in [-0.2, -0.15) is 0 Å². The summed E-state index contributed by atoms with van der Waals surface area (Å²) in [5.41, 5.74) is 8.66. The molecule has 19 heavy (non-hydrogen) atoms. The molecular formula is C14H17N3O2. The minimum atomic E-state index is -0.375. The molecule has 100 valence electrons. The lowest BCUT2D eigenvalue weighted by molar-refractivity contribution is -0.124. The van der Waals surface area contributed by atoms with Crippen LogP contribution < -0.4 is 16.0 Å². The minimum absolute atomic E-state index is 0.0163. The van der Waals surface area contributed by atoms with Gasteiger partial charge in [0.1, 0.15) is 6.04 Å². The number of carbonyl (C=O) groups is 2. The zero-order valence-electron chi connectivity index (χ0n) is 10.7. The number of rotatable bonds is 1. The highest BCUT2D eigenvalue weighted by Gasteiger charge is 2.33. The van der Waals surface area contributed by atoms with E-state index in [9.17, 15) is 9.59 Å². The van der Waals surface area contributed by atoms with E-state index in [1.54, 1.807) is 4.90 Å². The molecule has 1 aromatic carbocycles. The second-order valence-corrected chi connectivity index (χ2v) is 5.10. The van der Waals surface area contributed by atoms with E-state index < -0.39 is 0 Å². The summed E-state index contributed by atoms with van der Waals surface area (Å²) in [5.74, 6) is -0.0550. The second kappa shape index (κ2) is 4.57. The van der Waals surface area contributed by atoms with Crippen LogP contribution in [0.25, 0.3) is 0 Å². The fraction of sp³-hybridized carbons (Fsp3) is 0.429. The molecule has 1 aromatic rings. The molecule has 5 heteroatoms. The first-order valence-corrected chi connectivity index (χ1v) is 6.65. The summed E-state index contributed by atoms with van der Waals surface area (Å²) in [6.45, 7) is 0.696. The van der Waals surface area contributed by atoms with Gasteiger partial charge in [0, 0.05) is 24.3 Å². The van der Waals surface area contributed by atoms with Crippen LogP contribution in [0.2, 0.25) is 0 Å². The molecule has 0 unspecified atom stereocenters. The highest BCUT2D eigenvalue weighted by atomic mass is 16.2. The first-order chi connectivity index (χ1) is 9.16. The molecule has 1 saturated heterocycles. The van der Waals surface area contributed by atoms with Gasteiger partial charge >= 0.3 is 0 Å². The van der Waals surface area contributed by atoms with Crippen molar-refractivity contribution in [3.8, 4) is 0 Å². The summed E-state index contributed by atoms with van der Waals surface area (Å²) in [4.78, 5) is 25.5. The largest absolute Gasteiger partial charge is 0.398 e. The van der Waals surface area contributed by atoms with Gasteiger partial charge in [0.25, 0.3) is 0 Å². The van der Waals surface area contributed by atoms with Crippen LogP contribution in [0, 0.1) is 0 Å². The predicted molar refractivity (Wildman–Crippen MR) is 72.7 cm³/mol. The van der Waals surface area contributed by atoms with Gasteiger partial charge < -0.3 is 16.0 Å². The fourth-order valence-electron chi connectivity index (χ4n) is 2.87. The highest BCUT2D eigenvalue weighted by Crippen LogP contribution is 2.32. The molecule has 0 aromatic heterocycles. The van der Waals surface area contributed by atoms with Crippen LogP contribution >= 0.6 is 0 Å². The number of carbonyl (C=O) groups excluding carboxylic acids is 2. The molecule has 0 spiro atoms. The quantitative estimate of drug-likeness (QED) is 0.733. The van der Waals surface area contributed by atoms with Gasteiger partial charge in [-0.1, -0.05) is 6.07 Å². The Hall–Kier alpha value is -2.04. The molecule has 3 N–H and O–H groups in total. The van der Waals surface area contributed by atoms with E-state index in [4.69, 9.17) is 5.73 Å². The molecule has 2 aliphatic heterocycles. The average Bonchev–Trinajstić information content (AvgIpc) is 2.85. The summed E-state index contributed by atoms with van der Waals surface area (Å²) >= 11 is 0. The van der Waals surface area contributed by atoms with E-state index in [-0.39, 0.29) is 17.9 Å². The minimum Gasteiger partial charge on any atom is -0.398 e. The van der Waals surface area contributed by atoms with Crippen LogP contribution in [0.15, 0.2) is 18.2 Å². The van der Waals surface area contributed by atoms with Crippen LogP contribution in [0.4, 0.5) is 11.4 Å². The van der Waals surface area contributed by atoms with Crippen molar-refractivity contribution in [1.29, 1.82) is 0 Å². The van der Waals surface area contributed by atoms with Crippen LogP contribution in [-0.2, 0) is 16.0 Å². The molecule has 0 aliphatic carbocycles. The lowest BCUT2D eigenvalue weighted by Crippen LogP contribution is -2.46. The molecule has 2 heterocycles. The maximum atomic E-state index is 12.5. The van der Waals surface area contributed by atoms with Gasteiger partial charge in [-0.15, -0.1) is 0 Å². The Morgan fingerprint density at radius 2 is 2.21 bits per heavy atom. The Bertz CT molecular complexity index is 541. The van der Waals surface area contributed by atoms with Crippen molar-refractivity contribution in [3.05, 3.63) is 23.8 Å². The van der Waals surface area contributed by atoms with Crippen molar-refractivity contribution >= 4 is 23.2 Å². The van der Waals surface area contributed by atoms with Crippen molar-refractivity contribution in [2.24, 2.45) is 0 Å². The molecule has 5 nitrogen and oxygen atoms in total. The normalized spacial score (nSPS) is 22.0. The van der Waals surface area contributed by atoms with Crippen molar-refractivity contribution in [1.82, 2.24) is 5.32 Å². The van der Waals surface area contributed by atoms with E-state index in [0.717, 1.165) is 29.8 Å². The monoisotopic (exact) mass is 259 g/mol. The highest BCUT2D eigenvalue weighted by molar-refractivity contribution is 6.02. The topological polar surface area (TPSA) is 75.4 Å². The standard InChI is InChI=1S/C14H17N3O2/c15-10-4-1-5-12-9(10)3-2-8-17(12)14(19)11-6-7-13(18)16-11/h1,4-5,11H,2-3,6-8,15H2,(H,16,18)/t11-/m1/s1. The van der Waals surface area contributed by atoms with Crippen molar-refractivity contribution < 1.29 is 9.59 Å². The summed E-state index contributed by atoms with van der Waals surface area (Å²) in [7, 11) is 0. The Morgan fingerprint density at radius 1 is 1.37 bits per heavy atom. The first kappa shape index (κ1) is 12.0. The Labute approximate surface area is 111 Å². The van der Waals surface area contributed by atoms with E-state index >= 15 is 0 Å². The van der Waals surface area contributed by atoms with Gasteiger partial charge in [0.2, 0.25) is 11.8 Å². The Kier molecular flexibility index (Phi) is 2.89. The number of hydrogen-bond donors (Lipinski definition) is 2. The van der Waals surface area contributed by atoms with Gasteiger partial charge in [0.15, 0.2) is 0 Å². The molecule has 1 atom stereocenters. The van der Waals surface area contributed by atoms with Gasteiger partial charge in [-0.25, -0.2) is 0 Å². The molecule has 1 fully saturated rings. The molecule has 0 bridgehead atoms. The van der Waals surface area contributed by atoms with E-state index in [1.807, 2.05) is 18.2 Å². The zero-order chi connectivity index (χ0) is 13.4. The van der Waals surface area contributed by atoms with E-state index in [0.29, 0.717) is 19.4 Å². The predicted octanol–water partition coefficient (Wildman–Crippen LogP) is 0.827. The van der Waals surface area contributed by atoms with E-state index in [2.05, 4.69) is 5.32 Å². The van der Waals surface area contributed by atoms with E-state index in [1.165, 1.54) is 0 Å². The average molecular weight is 259 g/mol. The van der Waals surface area contributed by atoms with Gasteiger partial charge in [0.05, 0.1) is 0 Å². The second-order valence-electron chi connectivity index (χ2n) is 5.10. The number of nitrogen functional groups attached to an aromatic ring is 1. The SMILES string of the molecule is Nc1cccc2c1CCCN2C(=O)[C@H]1CCC(=O)N1. The van der Waals surface area contributed by atoms with Crippen LogP contribution in [0.1, 0.15) is 24.8 Å². The van der Waals surface area contributed by atoms with Crippen molar-refractivity contribution in [3.63, 3.8) is 0 Å². The summed E-state index contributed by atoms with van der Waals surface area (Å²) in [6, 6.07) is 5.29. The van der Waals surface area contributed by atoms with Crippen LogP contribution in [0.3, 0.4) is 0 Å². The summed E-state index contributed by atoms with van der Waals surface area (Å²) in [5, 5.41) is 2.73.